The Hall–Kier alpha value is -3.20. The zero-order valence-corrected chi connectivity index (χ0v) is 16.8. The summed E-state index contributed by atoms with van der Waals surface area (Å²) in [5, 5.41) is 10.1. The monoisotopic (exact) mass is 473 g/mol. The van der Waals surface area contributed by atoms with E-state index in [1.165, 1.54) is 6.07 Å². The third kappa shape index (κ3) is 6.39. The number of hydrogen-bond acceptors (Lipinski definition) is 6. The molecule has 0 atom stereocenters. The number of fused-ring (bicyclic) bond motifs is 1. The van der Waals surface area contributed by atoms with Gasteiger partial charge in [-0.3, -0.25) is 9.35 Å². The Morgan fingerprint density at radius 1 is 1.16 bits per heavy atom. The molecule has 0 aliphatic heterocycles. The van der Waals surface area contributed by atoms with Crippen LogP contribution in [0, 0.1) is 11.3 Å². The van der Waals surface area contributed by atoms with Crippen LogP contribution in [0.25, 0.3) is 11.0 Å². The van der Waals surface area contributed by atoms with Crippen LogP contribution in [0.1, 0.15) is 21.5 Å². The second-order valence-corrected chi connectivity index (χ2v) is 7.79. The lowest BCUT2D eigenvalue weighted by Gasteiger charge is -2.06. The van der Waals surface area contributed by atoms with E-state index in [0.29, 0.717) is 32.7 Å². The van der Waals surface area contributed by atoms with Gasteiger partial charge >= 0.3 is 21.3 Å². The van der Waals surface area contributed by atoms with Crippen LogP contribution in [0.15, 0.2) is 57.7 Å². The van der Waals surface area contributed by atoms with Gasteiger partial charge in [-0.2, -0.15) is 26.9 Å². The Balaban J connectivity index is 0.000000366. The minimum atomic E-state index is -5.84. The van der Waals surface area contributed by atoms with Crippen molar-refractivity contribution in [3.05, 3.63) is 80.7 Å². The molecule has 162 valence electrons. The maximum atomic E-state index is 12.4. The summed E-state index contributed by atoms with van der Waals surface area (Å²) in [5.41, 5.74) is -4.29. The molecule has 3 aromatic rings. The molecule has 2 aromatic carbocycles. The highest BCUT2D eigenvalue weighted by Gasteiger charge is 2.44. The molecule has 0 bridgehead atoms. The first-order valence-electron chi connectivity index (χ1n) is 8.11. The molecular formula is C19H11ClF3NO6S. The van der Waals surface area contributed by atoms with Crippen LogP contribution in [0.4, 0.5) is 13.2 Å². The summed E-state index contributed by atoms with van der Waals surface area (Å²) in [7, 11) is -5.84. The van der Waals surface area contributed by atoms with Crippen molar-refractivity contribution >= 4 is 38.5 Å². The number of carbonyl (C=O) groups is 1. The molecule has 0 aliphatic carbocycles. The van der Waals surface area contributed by atoms with Crippen LogP contribution in [0.3, 0.4) is 0 Å². The Labute approximate surface area is 178 Å². The number of hydrogen-bond donors (Lipinski definition) is 1. The maximum absolute atomic E-state index is 12.4. The van der Waals surface area contributed by atoms with Crippen LogP contribution < -0.4 is 5.63 Å². The molecule has 1 aromatic heterocycles. The zero-order chi connectivity index (χ0) is 23.4. The first-order valence-corrected chi connectivity index (χ1v) is 9.93. The molecule has 1 N–H and O–H groups in total. The summed E-state index contributed by atoms with van der Waals surface area (Å²) >= 11 is 5.90. The fourth-order valence-electron chi connectivity index (χ4n) is 2.38. The van der Waals surface area contributed by atoms with E-state index in [9.17, 15) is 22.8 Å². The summed E-state index contributed by atoms with van der Waals surface area (Å²) in [6, 6.07) is 14.7. The molecule has 0 amide bonds. The molecule has 31 heavy (non-hydrogen) atoms. The summed E-state index contributed by atoms with van der Waals surface area (Å²) in [6.45, 7) is 0. The van der Waals surface area contributed by atoms with Crippen LogP contribution in [0.2, 0.25) is 5.02 Å². The predicted octanol–water partition coefficient (Wildman–Crippen LogP) is 4.14. The fourth-order valence-corrected chi connectivity index (χ4v) is 2.57. The summed E-state index contributed by atoms with van der Waals surface area (Å²) in [4.78, 5) is 24.1. The molecule has 0 unspecified atom stereocenters. The van der Waals surface area contributed by atoms with Gasteiger partial charge in [-0.25, -0.2) is 4.79 Å². The van der Waals surface area contributed by atoms with Crippen molar-refractivity contribution < 1.29 is 35.4 Å². The lowest BCUT2D eigenvalue weighted by molar-refractivity contribution is -0.0510. The van der Waals surface area contributed by atoms with E-state index < -0.39 is 21.3 Å². The summed E-state index contributed by atoms with van der Waals surface area (Å²) in [6.07, 6.45) is 0.0251. The number of nitrogens with zero attached hydrogens (tertiary/aromatic N) is 1. The number of Topliss-reactive ketones (excluding diaryl/α,β-unsaturated/α-hetero) is 1. The van der Waals surface area contributed by atoms with E-state index in [1.807, 2.05) is 6.07 Å². The number of benzene rings is 2. The van der Waals surface area contributed by atoms with Gasteiger partial charge in [0.05, 0.1) is 11.6 Å². The molecule has 0 saturated heterocycles. The van der Waals surface area contributed by atoms with Crippen LogP contribution in [-0.4, -0.2) is 24.3 Å². The average molecular weight is 474 g/mol. The van der Waals surface area contributed by atoms with Gasteiger partial charge in [0.1, 0.15) is 5.58 Å². The highest BCUT2D eigenvalue weighted by atomic mass is 35.5. The first kappa shape index (κ1) is 24.1. The van der Waals surface area contributed by atoms with Gasteiger partial charge in [0.25, 0.3) is 0 Å². The first-order chi connectivity index (χ1) is 14.3. The van der Waals surface area contributed by atoms with E-state index in [1.54, 1.807) is 42.5 Å². The molecule has 0 spiro atoms. The van der Waals surface area contributed by atoms with Gasteiger partial charge in [0.2, 0.25) is 0 Å². The fraction of sp³-hybridized carbons (Fsp3) is 0.105. The van der Waals surface area contributed by atoms with Crippen molar-refractivity contribution in [3.8, 4) is 6.07 Å². The lowest BCUT2D eigenvalue weighted by Crippen LogP contribution is -2.21. The van der Waals surface area contributed by atoms with Gasteiger partial charge in [0.15, 0.2) is 5.78 Å². The highest BCUT2D eigenvalue weighted by molar-refractivity contribution is 7.86. The molecule has 0 aliphatic rings. The smallest absolute Gasteiger partial charge is 0.423 e. The molecule has 3 rings (SSSR count). The SMILES string of the molecule is N#Cc1ccc2oc(=O)cc(CC(=O)c3cccc(Cl)c3)c2c1.O=S(=O)(O)C(F)(F)F. The number of nitriles is 1. The van der Waals surface area contributed by atoms with E-state index >= 15 is 0 Å². The minimum absolute atomic E-state index is 0.0251. The molecule has 1 heterocycles. The molecule has 7 nitrogen and oxygen atoms in total. The van der Waals surface area contributed by atoms with Crippen molar-refractivity contribution in [1.29, 1.82) is 5.26 Å². The largest absolute Gasteiger partial charge is 0.522 e. The van der Waals surface area contributed by atoms with Crippen LogP contribution >= 0.6 is 11.6 Å². The van der Waals surface area contributed by atoms with Crippen molar-refractivity contribution in [1.82, 2.24) is 0 Å². The molecule has 12 heteroatoms. The van der Waals surface area contributed by atoms with E-state index in [-0.39, 0.29) is 12.2 Å². The zero-order valence-electron chi connectivity index (χ0n) is 15.2. The predicted molar refractivity (Wildman–Crippen MR) is 104 cm³/mol. The lowest BCUT2D eigenvalue weighted by atomic mass is 9.99. The number of carbonyl (C=O) groups excluding carboxylic acids is 1. The van der Waals surface area contributed by atoms with Gasteiger partial charge in [-0.05, 0) is 35.9 Å². The van der Waals surface area contributed by atoms with Crippen LogP contribution in [-0.2, 0) is 16.5 Å². The summed E-state index contributed by atoms with van der Waals surface area (Å²) in [5.74, 6) is -0.165. The Morgan fingerprint density at radius 3 is 2.35 bits per heavy atom. The highest BCUT2D eigenvalue weighted by Crippen LogP contribution is 2.22. The molecular weight excluding hydrogens is 463 g/mol. The number of ketones is 1. The minimum Gasteiger partial charge on any atom is -0.423 e. The second-order valence-electron chi connectivity index (χ2n) is 5.94. The molecule has 0 fully saturated rings. The van der Waals surface area contributed by atoms with Gasteiger partial charge < -0.3 is 4.42 Å². The number of alkyl halides is 3. The average Bonchev–Trinajstić information content (AvgIpc) is 2.66. The van der Waals surface area contributed by atoms with Gasteiger partial charge in [0, 0.05) is 28.5 Å². The molecule has 0 radical (unpaired) electrons. The van der Waals surface area contributed by atoms with Crippen molar-refractivity contribution in [2.45, 2.75) is 11.9 Å². The quantitative estimate of drug-likeness (QED) is 0.262. The van der Waals surface area contributed by atoms with E-state index in [2.05, 4.69) is 0 Å². The standard InChI is InChI=1S/C18H10ClNO3.CHF3O3S/c19-14-3-1-2-12(7-14)16(21)8-13-9-18(22)23-17-5-4-11(10-20)6-15(13)17;2-1(3,4)8(5,6)7/h1-7,9H,8H2;(H,5,6,7). The third-order valence-corrected chi connectivity index (χ3v) is 4.57. The van der Waals surface area contributed by atoms with E-state index in [4.69, 9.17) is 34.3 Å². The van der Waals surface area contributed by atoms with E-state index in [0.717, 1.165) is 0 Å². The number of rotatable bonds is 3. The Morgan fingerprint density at radius 2 is 1.81 bits per heavy atom. The third-order valence-electron chi connectivity index (χ3n) is 3.75. The Kier molecular flexibility index (Phi) is 7.22. The van der Waals surface area contributed by atoms with Gasteiger partial charge in [-0.1, -0.05) is 23.7 Å². The van der Waals surface area contributed by atoms with Crippen molar-refractivity contribution in [2.75, 3.05) is 0 Å². The van der Waals surface area contributed by atoms with Crippen LogP contribution in [0.5, 0.6) is 0 Å². The summed E-state index contributed by atoms with van der Waals surface area (Å²) < 4.78 is 62.7. The Bertz CT molecular complexity index is 1340. The second kappa shape index (κ2) is 9.30. The number of halogens is 4. The van der Waals surface area contributed by atoms with Crippen molar-refractivity contribution in [2.24, 2.45) is 0 Å². The topological polar surface area (TPSA) is 125 Å². The van der Waals surface area contributed by atoms with Gasteiger partial charge in [-0.15, -0.1) is 0 Å². The van der Waals surface area contributed by atoms with Crippen molar-refractivity contribution in [3.63, 3.8) is 0 Å². The normalized spacial score (nSPS) is 11.4. The molecule has 0 saturated carbocycles. The maximum Gasteiger partial charge on any atom is 0.522 e.